The molecule has 4 nitrogen and oxygen atoms in total. The molecule has 3 rings (SSSR count). The Morgan fingerprint density at radius 2 is 1.96 bits per heavy atom. The van der Waals surface area contributed by atoms with Gasteiger partial charge in [-0.1, -0.05) is 36.4 Å². The maximum atomic E-state index is 13.4. The van der Waals surface area contributed by atoms with Gasteiger partial charge in [0.25, 0.3) is 0 Å². The summed E-state index contributed by atoms with van der Waals surface area (Å²) < 4.78 is 13.4. The highest BCUT2D eigenvalue weighted by atomic mass is 19.1. The Bertz CT molecular complexity index is 916. The van der Waals surface area contributed by atoms with E-state index in [2.05, 4.69) is 32.7 Å². The minimum atomic E-state index is -0.190. The van der Waals surface area contributed by atoms with Crippen LogP contribution in [-0.4, -0.2) is 17.5 Å². The van der Waals surface area contributed by atoms with Crippen LogP contribution in [0.1, 0.15) is 23.7 Å². The minimum Gasteiger partial charge on any atom is -0.357 e. The molecule has 26 heavy (non-hydrogen) atoms. The quantitative estimate of drug-likeness (QED) is 0.541. The van der Waals surface area contributed by atoms with E-state index in [1.54, 1.807) is 13.0 Å². The molecule has 5 heteroatoms. The van der Waals surface area contributed by atoms with Gasteiger partial charge in [0.15, 0.2) is 5.96 Å². The summed E-state index contributed by atoms with van der Waals surface area (Å²) >= 11 is 0. The second-order valence-corrected chi connectivity index (χ2v) is 6.11. The lowest BCUT2D eigenvalue weighted by Gasteiger charge is -2.12. The van der Waals surface area contributed by atoms with Gasteiger partial charge in [-0.2, -0.15) is 0 Å². The number of hydrogen-bond donors (Lipinski definition) is 2. The van der Waals surface area contributed by atoms with E-state index in [0.29, 0.717) is 24.6 Å². The number of nitrogens with one attached hydrogen (secondary N) is 2. The summed E-state index contributed by atoms with van der Waals surface area (Å²) in [5.41, 5.74) is 2.59. The fourth-order valence-electron chi connectivity index (χ4n) is 2.81. The van der Waals surface area contributed by atoms with E-state index in [1.165, 1.54) is 11.5 Å². The van der Waals surface area contributed by atoms with Crippen LogP contribution in [0, 0.1) is 12.7 Å². The van der Waals surface area contributed by atoms with Gasteiger partial charge in [-0.05, 0) is 42.5 Å². The van der Waals surface area contributed by atoms with Crippen molar-refractivity contribution in [1.29, 1.82) is 0 Å². The summed E-state index contributed by atoms with van der Waals surface area (Å²) in [6, 6.07) is 15.3. The lowest BCUT2D eigenvalue weighted by molar-refractivity contribution is 0.617. The average Bonchev–Trinajstić information content (AvgIpc) is 2.66. The van der Waals surface area contributed by atoms with Crippen LogP contribution in [0.5, 0.6) is 0 Å². The number of nitrogens with zero attached hydrogens (tertiary/aromatic N) is 2. The van der Waals surface area contributed by atoms with Crippen LogP contribution < -0.4 is 10.6 Å². The van der Waals surface area contributed by atoms with Crippen LogP contribution in [0.25, 0.3) is 10.8 Å². The summed E-state index contributed by atoms with van der Waals surface area (Å²) in [5.74, 6) is 0.522. The molecule has 0 aliphatic rings. The molecule has 0 saturated carbocycles. The van der Waals surface area contributed by atoms with Gasteiger partial charge in [0.1, 0.15) is 5.82 Å². The van der Waals surface area contributed by atoms with Gasteiger partial charge < -0.3 is 10.6 Å². The maximum Gasteiger partial charge on any atom is 0.191 e. The van der Waals surface area contributed by atoms with Crippen molar-refractivity contribution < 1.29 is 4.39 Å². The number of aliphatic imine (C=N–C) groups is 1. The van der Waals surface area contributed by atoms with Gasteiger partial charge in [0, 0.05) is 18.1 Å². The van der Waals surface area contributed by atoms with Crippen LogP contribution in [0.3, 0.4) is 0 Å². The molecule has 2 aromatic carbocycles. The molecule has 0 aliphatic carbocycles. The first-order valence-corrected chi connectivity index (χ1v) is 8.77. The van der Waals surface area contributed by atoms with Gasteiger partial charge in [-0.25, -0.2) is 9.38 Å². The van der Waals surface area contributed by atoms with Crippen molar-refractivity contribution in [3.8, 4) is 0 Å². The molecule has 1 heterocycles. The molecule has 0 radical (unpaired) electrons. The highest BCUT2D eigenvalue weighted by molar-refractivity contribution is 5.85. The third-order valence-electron chi connectivity index (χ3n) is 4.17. The number of aromatic nitrogens is 1. The van der Waals surface area contributed by atoms with Crippen molar-refractivity contribution in [3.05, 3.63) is 77.4 Å². The number of pyridine rings is 1. The minimum absolute atomic E-state index is 0.190. The van der Waals surface area contributed by atoms with E-state index in [0.717, 1.165) is 23.2 Å². The third-order valence-corrected chi connectivity index (χ3v) is 4.17. The van der Waals surface area contributed by atoms with Crippen LogP contribution in [0.2, 0.25) is 0 Å². The SMILES string of the molecule is CCNC(=NCc1ccc(F)c(C)c1)NCc1nccc2ccccc12. The lowest BCUT2D eigenvalue weighted by atomic mass is 10.1. The number of halogens is 1. The Morgan fingerprint density at radius 1 is 1.12 bits per heavy atom. The van der Waals surface area contributed by atoms with Crippen molar-refractivity contribution in [1.82, 2.24) is 15.6 Å². The number of benzene rings is 2. The molecule has 0 amide bonds. The summed E-state index contributed by atoms with van der Waals surface area (Å²) in [5, 5.41) is 8.86. The first-order chi connectivity index (χ1) is 12.7. The van der Waals surface area contributed by atoms with Crippen LogP contribution in [0.4, 0.5) is 4.39 Å². The Morgan fingerprint density at radius 3 is 2.77 bits per heavy atom. The molecule has 2 N–H and O–H groups in total. The maximum absolute atomic E-state index is 13.4. The molecule has 0 unspecified atom stereocenters. The standard InChI is InChI=1S/C21H23FN4/c1-3-23-21(25-13-16-8-9-19(22)15(2)12-16)26-14-20-18-7-5-4-6-17(18)10-11-24-20/h4-12H,3,13-14H2,1-2H3,(H2,23,25,26). The molecule has 0 spiro atoms. The zero-order chi connectivity index (χ0) is 18.4. The number of hydrogen-bond acceptors (Lipinski definition) is 2. The van der Waals surface area contributed by atoms with E-state index in [9.17, 15) is 4.39 Å². The van der Waals surface area contributed by atoms with Gasteiger partial charge in [0.05, 0.1) is 18.8 Å². The molecule has 0 bridgehead atoms. The third kappa shape index (κ3) is 4.36. The Balaban J connectivity index is 1.72. The van der Waals surface area contributed by atoms with E-state index in [-0.39, 0.29) is 5.82 Å². The average molecular weight is 350 g/mol. The zero-order valence-electron chi connectivity index (χ0n) is 15.1. The monoisotopic (exact) mass is 350 g/mol. The zero-order valence-corrected chi connectivity index (χ0v) is 15.1. The number of fused-ring (bicyclic) bond motifs is 1. The highest BCUT2D eigenvalue weighted by Gasteiger charge is 2.04. The van der Waals surface area contributed by atoms with Crippen molar-refractivity contribution >= 4 is 16.7 Å². The van der Waals surface area contributed by atoms with Gasteiger partial charge in [-0.3, -0.25) is 4.98 Å². The number of guanidine groups is 1. The fourth-order valence-corrected chi connectivity index (χ4v) is 2.81. The van der Waals surface area contributed by atoms with E-state index >= 15 is 0 Å². The summed E-state index contributed by atoms with van der Waals surface area (Å²) in [6.45, 7) is 5.61. The Hall–Kier alpha value is -2.95. The highest BCUT2D eigenvalue weighted by Crippen LogP contribution is 2.16. The second kappa shape index (κ2) is 8.43. The molecule has 0 fully saturated rings. The fraction of sp³-hybridized carbons (Fsp3) is 0.238. The molecule has 0 aliphatic heterocycles. The molecular formula is C21H23FN4. The summed E-state index contributed by atoms with van der Waals surface area (Å²) in [6.07, 6.45) is 1.82. The van der Waals surface area contributed by atoms with Gasteiger partial charge in [0.2, 0.25) is 0 Å². The summed E-state index contributed by atoms with van der Waals surface area (Å²) in [7, 11) is 0. The topological polar surface area (TPSA) is 49.3 Å². The molecule has 3 aromatic rings. The van der Waals surface area contributed by atoms with Crippen molar-refractivity contribution in [2.45, 2.75) is 26.9 Å². The molecule has 0 saturated heterocycles. The predicted octanol–water partition coefficient (Wildman–Crippen LogP) is 3.94. The van der Waals surface area contributed by atoms with Gasteiger partial charge >= 0.3 is 0 Å². The molecule has 134 valence electrons. The summed E-state index contributed by atoms with van der Waals surface area (Å²) in [4.78, 5) is 9.09. The molecular weight excluding hydrogens is 327 g/mol. The van der Waals surface area contributed by atoms with Crippen molar-refractivity contribution in [2.24, 2.45) is 4.99 Å². The van der Waals surface area contributed by atoms with Crippen molar-refractivity contribution in [3.63, 3.8) is 0 Å². The largest absolute Gasteiger partial charge is 0.357 e. The Labute approximate surface area is 153 Å². The van der Waals surface area contributed by atoms with Gasteiger partial charge in [-0.15, -0.1) is 0 Å². The Kier molecular flexibility index (Phi) is 5.79. The first-order valence-electron chi connectivity index (χ1n) is 8.77. The van der Waals surface area contributed by atoms with Crippen LogP contribution >= 0.6 is 0 Å². The van der Waals surface area contributed by atoms with Crippen LogP contribution in [-0.2, 0) is 13.1 Å². The second-order valence-electron chi connectivity index (χ2n) is 6.11. The molecule has 1 aromatic heterocycles. The lowest BCUT2D eigenvalue weighted by Crippen LogP contribution is -2.37. The number of rotatable bonds is 5. The van der Waals surface area contributed by atoms with E-state index in [4.69, 9.17) is 0 Å². The van der Waals surface area contributed by atoms with Crippen LogP contribution in [0.15, 0.2) is 59.7 Å². The predicted molar refractivity (Wildman–Crippen MR) is 105 cm³/mol. The number of aryl methyl sites for hydroxylation is 1. The van der Waals surface area contributed by atoms with E-state index < -0.39 is 0 Å². The van der Waals surface area contributed by atoms with Crippen molar-refractivity contribution in [2.75, 3.05) is 6.54 Å². The normalized spacial score (nSPS) is 11.6. The van der Waals surface area contributed by atoms with E-state index in [1.807, 2.05) is 37.4 Å². The first kappa shape index (κ1) is 17.9. The molecule has 0 atom stereocenters. The smallest absolute Gasteiger partial charge is 0.191 e.